The molecule has 0 aliphatic heterocycles. The lowest BCUT2D eigenvalue weighted by Gasteiger charge is -2.26. The van der Waals surface area contributed by atoms with Crippen molar-refractivity contribution in [3.05, 3.63) is 34.3 Å². The first-order valence-electron chi connectivity index (χ1n) is 5.63. The first-order valence-corrected chi connectivity index (χ1v) is 6.43. The molecule has 0 atom stereocenters. The molecule has 0 N–H and O–H groups in total. The van der Waals surface area contributed by atoms with E-state index in [0.717, 1.165) is 0 Å². The third-order valence-corrected chi connectivity index (χ3v) is 3.01. The zero-order valence-electron chi connectivity index (χ0n) is 10.6. The Labute approximate surface area is 128 Å². The van der Waals surface area contributed by atoms with Crippen molar-refractivity contribution in [1.29, 1.82) is 0 Å². The molecule has 0 aliphatic rings. The van der Waals surface area contributed by atoms with Gasteiger partial charge in [-0.3, -0.25) is 0 Å². The minimum atomic E-state index is -6.57. The van der Waals surface area contributed by atoms with Crippen LogP contribution in [0, 0.1) is 0 Å². The molecule has 0 heterocycles. The molecule has 10 heteroatoms. The molecule has 0 fully saturated rings. The van der Waals surface area contributed by atoms with Gasteiger partial charge in [0, 0.05) is 10.9 Å². The van der Waals surface area contributed by atoms with Gasteiger partial charge in [0.25, 0.3) is 0 Å². The Balaban J connectivity index is 2.68. The van der Waals surface area contributed by atoms with Crippen molar-refractivity contribution in [2.75, 3.05) is 6.61 Å². The van der Waals surface area contributed by atoms with Crippen LogP contribution in [0.1, 0.15) is 5.56 Å². The van der Waals surface area contributed by atoms with Gasteiger partial charge in [-0.25, -0.2) is 4.79 Å². The van der Waals surface area contributed by atoms with E-state index in [9.17, 15) is 35.5 Å². The van der Waals surface area contributed by atoms with Crippen molar-refractivity contribution in [1.82, 2.24) is 0 Å². The Kier molecular flexibility index (Phi) is 5.47. The summed E-state index contributed by atoms with van der Waals surface area (Å²) < 4.78 is 91.1. The maximum atomic E-state index is 12.9. The van der Waals surface area contributed by atoms with E-state index < -0.39 is 30.6 Å². The van der Waals surface area contributed by atoms with E-state index in [1.807, 2.05) is 0 Å². The normalized spacial score (nSPS) is 13.1. The average molecular weight is 397 g/mol. The summed E-state index contributed by atoms with van der Waals surface area (Å²) in [6.07, 6.45) is -6.70. The lowest BCUT2D eigenvalue weighted by Crippen LogP contribution is -2.56. The molecule has 0 amide bonds. The molecule has 0 saturated carbocycles. The molecule has 0 saturated heterocycles. The van der Waals surface area contributed by atoms with Crippen molar-refractivity contribution in [2.24, 2.45) is 0 Å². The minimum Gasteiger partial charge on any atom is -0.461 e. The van der Waals surface area contributed by atoms with Crippen molar-refractivity contribution in [3.63, 3.8) is 0 Å². The van der Waals surface area contributed by atoms with Crippen molar-refractivity contribution >= 4 is 21.9 Å². The van der Waals surface area contributed by atoms with E-state index in [-0.39, 0.29) is 6.42 Å². The maximum absolute atomic E-state index is 12.9. The lowest BCUT2D eigenvalue weighted by molar-refractivity contribution is -0.348. The second kappa shape index (κ2) is 6.43. The fraction of sp³-hybridized carbons (Fsp3) is 0.417. The molecule has 0 aromatic heterocycles. The molecule has 1 aromatic rings. The fourth-order valence-electron chi connectivity index (χ4n) is 1.35. The summed E-state index contributed by atoms with van der Waals surface area (Å²) >= 11 is 3.11. The summed E-state index contributed by atoms with van der Waals surface area (Å²) in [4.78, 5) is 10.9. The fourth-order valence-corrected chi connectivity index (χ4v) is 1.80. The van der Waals surface area contributed by atoms with Crippen molar-refractivity contribution in [3.8, 4) is 0 Å². The number of carbonyl (C=O) groups is 1. The highest BCUT2D eigenvalue weighted by atomic mass is 79.9. The molecular weight excluding hydrogens is 389 g/mol. The van der Waals surface area contributed by atoms with E-state index >= 15 is 0 Å². The third kappa shape index (κ3) is 3.90. The number of alkyl halides is 7. The van der Waals surface area contributed by atoms with Crippen LogP contribution in [0.25, 0.3) is 0 Å². The molecule has 0 spiro atoms. The Hall–Kier alpha value is -1.32. The third-order valence-electron chi connectivity index (χ3n) is 2.52. The molecule has 0 aliphatic carbocycles. The molecule has 0 unspecified atom stereocenters. The number of benzene rings is 1. The van der Waals surface area contributed by atoms with Gasteiger partial charge in [-0.15, -0.1) is 0 Å². The highest BCUT2D eigenvalue weighted by Crippen LogP contribution is 2.46. The van der Waals surface area contributed by atoms with Crippen LogP contribution in [0.5, 0.6) is 0 Å². The van der Waals surface area contributed by atoms with E-state index in [1.165, 1.54) is 12.1 Å². The zero-order valence-corrected chi connectivity index (χ0v) is 12.1. The maximum Gasteiger partial charge on any atom is 0.460 e. The minimum absolute atomic E-state index is 0.126. The molecule has 0 radical (unpaired) electrons. The molecule has 124 valence electrons. The Morgan fingerprint density at radius 3 is 2.18 bits per heavy atom. The van der Waals surface area contributed by atoms with E-state index in [4.69, 9.17) is 0 Å². The summed E-state index contributed by atoms with van der Waals surface area (Å²) in [5.74, 6) is -15.4. The van der Waals surface area contributed by atoms with E-state index in [1.54, 1.807) is 12.1 Å². The quantitative estimate of drug-likeness (QED) is 0.545. The van der Waals surface area contributed by atoms with Crippen LogP contribution in [0.2, 0.25) is 0 Å². The summed E-state index contributed by atoms with van der Waals surface area (Å²) in [5, 5.41) is 0. The topological polar surface area (TPSA) is 26.3 Å². The Bertz CT molecular complexity index is 543. The van der Waals surface area contributed by atoms with Gasteiger partial charge >= 0.3 is 24.0 Å². The smallest absolute Gasteiger partial charge is 0.460 e. The number of esters is 1. The van der Waals surface area contributed by atoms with Gasteiger partial charge in [0.15, 0.2) is 0 Å². The largest absolute Gasteiger partial charge is 0.461 e. The van der Waals surface area contributed by atoms with Crippen LogP contribution < -0.4 is 0 Å². The number of hydrogen-bond donors (Lipinski definition) is 0. The second-order valence-electron chi connectivity index (χ2n) is 4.16. The monoisotopic (exact) mass is 396 g/mol. The van der Waals surface area contributed by atoms with Crippen LogP contribution >= 0.6 is 15.9 Å². The van der Waals surface area contributed by atoms with Gasteiger partial charge in [0.1, 0.15) is 0 Å². The van der Waals surface area contributed by atoms with Crippen LogP contribution in [0.3, 0.4) is 0 Å². The first-order chi connectivity index (χ1) is 9.89. The van der Waals surface area contributed by atoms with Gasteiger partial charge in [-0.2, -0.15) is 30.7 Å². The van der Waals surface area contributed by atoms with Gasteiger partial charge < -0.3 is 4.74 Å². The van der Waals surface area contributed by atoms with Crippen LogP contribution in [0.15, 0.2) is 28.7 Å². The lowest BCUT2D eigenvalue weighted by atomic mass is 10.1. The molecule has 1 rings (SSSR count). The van der Waals surface area contributed by atoms with Gasteiger partial charge in [-0.05, 0) is 17.7 Å². The Morgan fingerprint density at radius 1 is 1.09 bits per heavy atom. The standard InChI is InChI=1S/C12H8BrF7O2/c13-8-3-1-2-7(6-8)4-5-22-9(21)10(14,15)11(16,17)12(18,19)20/h1-3,6H,4-5H2. The van der Waals surface area contributed by atoms with Gasteiger partial charge in [0.05, 0.1) is 6.61 Å². The summed E-state index contributed by atoms with van der Waals surface area (Å²) in [5.41, 5.74) is 0.507. The Morgan fingerprint density at radius 2 is 1.68 bits per heavy atom. The zero-order chi connectivity index (χ0) is 17.2. The number of rotatable bonds is 5. The molecule has 22 heavy (non-hydrogen) atoms. The second-order valence-corrected chi connectivity index (χ2v) is 5.08. The highest BCUT2D eigenvalue weighted by molar-refractivity contribution is 9.10. The number of carbonyl (C=O) groups excluding carboxylic acids is 1. The predicted octanol–water partition coefficient (Wildman–Crippen LogP) is 4.37. The first kappa shape index (κ1) is 18.7. The molecular formula is C12H8BrF7O2. The van der Waals surface area contributed by atoms with Crippen LogP contribution in [-0.4, -0.2) is 30.6 Å². The van der Waals surface area contributed by atoms with Gasteiger partial charge in [-0.1, -0.05) is 28.1 Å². The number of ether oxygens (including phenoxy) is 1. The molecule has 1 aromatic carbocycles. The average Bonchev–Trinajstić information content (AvgIpc) is 2.37. The summed E-state index contributed by atoms with van der Waals surface area (Å²) in [6.45, 7) is -0.765. The van der Waals surface area contributed by atoms with E-state index in [2.05, 4.69) is 20.7 Å². The SMILES string of the molecule is O=C(OCCc1cccc(Br)c1)C(F)(F)C(F)(F)C(F)(F)F. The van der Waals surface area contributed by atoms with E-state index in [0.29, 0.717) is 10.0 Å². The van der Waals surface area contributed by atoms with Gasteiger partial charge in [0.2, 0.25) is 0 Å². The number of hydrogen-bond acceptors (Lipinski definition) is 2. The number of halogens is 8. The predicted molar refractivity (Wildman–Crippen MR) is 64.8 cm³/mol. The summed E-state index contributed by atoms with van der Waals surface area (Å²) in [7, 11) is 0. The van der Waals surface area contributed by atoms with Crippen molar-refractivity contribution in [2.45, 2.75) is 24.4 Å². The molecule has 0 bridgehead atoms. The molecule has 2 nitrogen and oxygen atoms in total. The van der Waals surface area contributed by atoms with Crippen LogP contribution in [0.4, 0.5) is 30.7 Å². The van der Waals surface area contributed by atoms with Crippen LogP contribution in [-0.2, 0) is 16.0 Å². The van der Waals surface area contributed by atoms with Crippen molar-refractivity contribution < 1.29 is 40.3 Å². The summed E-state index contributed by atoms with van der Waals surface area (Å²) in [6, 6.07) is 6.29. The highest BCUT2D eigenvalue weighted by Gasteiger charge is 2.77.